The summed E-state index contributed by atoms with van der Waals surface area (Å²) in [6.07, 6.45) is 0.381. The number of hydrogen-bond donors (Lipinski definition) is 2. The lowest BCUT2D eigenvalue weighted by Gasteiger charge is -2.37. The van der Waals surface area contributed by atoms with Gasteiger partial charge >= 0.3 is 5.97 Å². The molecule has 0 saturated carbocycles. The number of methoxy groups -OCH3 is 1. The van der Waals surface area contributed by atoms with Crippen LogP contribution in [0.25, 0.3) is 0 Å². The number of halogens is 2. The Kier molecular flexibility index (Phi) is 7.28. The van der Waals surface area contributed by atoms with E-state index in [0.717, 1.165) is 5.13 Å². The van der Waals surface area contributed by atoms with Crippen molar-refractivity contribution in [2.45, 2.75) is 39.3 Å². The smallest absolute Gasteiger partial charge is 0.350 e. The largest absolute Gasteiger partial charge is 0.462 e. The van der Waals surface area contributed by atoms with E-state index in [2.05, 4.69) is 20.2 Å². The number of rotatable bonds is 6. The molecule has 8 nitrogen and oxygen atoms in total. The van der Waals surface area contributed by atoms with Crippen molar-refractivity contribution in [2.24, 2.45) is 0 Å². The molecule has 164 valence electrons. The highest BCUT2D eigenvalue weighted by molar-refractivity contribution is 7.17. The van der Waals surface area contributed by atoms with Crippen LogP contribution >= 0.6 is 34.5 Å². The first-order valence-corrected chi connectivity index (χ1v) is 11.1. The Morgan fingerprint density at radius 2 is 2.07 bits per heavy atom. The molecule has 2 atom stereocenters. The third-order valence-corrected chi connectivity index (χ3v) is 7.12. The molecule has 0 bridgehead atoms. The highest BCUT2D eigenvalue weighted by atomic mass is 35.5. The van der Waals surface area contributed by atoms with Gasteiger partial charge in [-0.25, -0.2) is 9.78 Å². The number of nitrogens with one attached hydrogen (secondary N) is 2. The SMILES string of the molecule is CCOC(=O)c1sc(N2CC[C@@H](NC(=O)c3[nH]c(C)c(Cl)c3Cl)[C@@H](OC)C2)nc1C. The average Bonchev–Trinajstić information content (AvgIpc) is 3.23. The van der Waals surface area contributed by atoms with Crippen LogP contribution in [-0.4, -0.2) is 60.8 Å². The Labute approximate surface area is 188 Å². The minimum absolute atomic E-state index is 0.206. The molecule has 1 aliphatic heterocycles. The van der Waals surface area contributed by atoms with Gasteiger partial charge < -0.3 is 24.7 Å². The number of aromatic amines is 1. The molecule has 1 aliphatic rings. The second-order valence-electron chi connectivity index (χ2n) is 6.97. The summed E-state index contributed by atoms with van der Waals surface area (Å²) in [5.74, 6) is -0.689. The number of H-pyrrole nitrogens is 1. The van der Waals surface area contributed by atoms with Crippen LogP contribution in [-0.2, 0) is 9.47 Å². The van der Waals surface area contributed by atoms with Crippen molar-refractivity contribution < 1.29 is 19.1 Å². The van der Waals surface area contributed by atoms with Gasteiger partial charge in [-0.05, 0) is 27.2 Å². The molecule has 0 radical (unpaired) electrons. The van der Waals surface area contributed by atoms with Crippen molar-refractivity contribution in [1.82, 2.24) is 15.3 Å². The number of anilines is 1. The quantitative estimate of drug-likeness (QED) is 0.620. The van der Waals surface area contributed by atoms with E-state index in [1.807, 2.05) is 0 Å². The standard InChI is InChI=1S/C19H24Cl2N4O4S/c1-5-29-18(27)16-10(3)23-19(30-16)25-7-6-11(12(8-25)28-4)24-17(26)15-14(21)13(20)9(2)22-15/h11-12,22H,5-8H2,1-4H3,(H,24,26)/t11-,12+/m1/s1. The number of hydrogen-bond acceptors (Lipinski definition) is 7. The number of amides is 1. The van der Waals surface area contributed by atoms with Gasteiger partial charge in [0.05, 0.1) is 34.5 Å². The van der Waals surface area contributed by atoms with Gasteiger partial charge in [-0.3, -0.25) is 4.79 Å². The molecule has 11 heteroatoms. The Morgan fingerprint density at radius 1 is 1.33 bits per heavy atom. The molecular formula is C19H24Cl2N4O4S. The fraction of sp³-hybridized carbons (Fsp3) is 0.526. The Bertz CT molecular complexity index is 945. The van der Waals surface area contributed by atoms with Gasteiger partial charge in [0.15, 0.2) is 5.13 Å². The number of thiazole rings is 1. The first kappa shape index (κ1) is 22.9. The molecule has 0 unspecified atom stereocenters. The van der Waals surface area contributed by atoms with Crippen LogP contribution in [0.2, 0.25) is 10.0 Å². The van der Waals surface area contributed by atoms with E-state index in [1.165, 1.54) is 11.3 Å². The minimum Gasteiger partial charge on any atom is -0.462 e. The van der Waals surface area contributed by atoms with Crippen LogP contribution in [0.5, 0.6) is 0 Å². The van der Waals surface area contributed by atoms with E-state index in [9.17, 15) is 9.59 Å². The molecule has 1 amide bonds. The predicted molar refractivity (Wildman–Crippen MR) is 117 cm³/mol. The van der Waals surface area contributed by atoms with Gasteiger partial charge in [-0.15, -0.1) is 0 Å². The number of carbonyl (C=O) groups is 2. The van der Waals surface area contributed by atoms with Gasteiger partial charge in [-0.2, -0.15) is 0 Å². The molecule has 1 fully saturated rings. The molecule has 2 aromatic rings. The molecule has 0 aromatic carbocycles. The highest BCUT2D eigenvalue weighted by Crippen LogP contribution is 2.31. The predicted octanol–water partition coefficient (Wildman–Crippen LogP) is 3.60. The van der Waals surface area contributed by atoms with E-state index in [-0.39, 0.29) is 34.7 Å². The molecule has 3 heterocycles. The zero-order chi connectivity index (χ0) is 22.0. The third kappa shape index (κ3) is 4.59. The van der Waals surface area contributed by atoms with Crippen LogP contribution in [0, 0.1) is 13.8 Å². The van der Waals surface area contributed by atoms with E-state index in [0.29, 0.717) is 47.4 Å². The maximum absolute atomic E-state index is 12.7. The molecule has 30 heavy (non-hydrogen) atoms. The highest BCUT2D eigenvalue weighted by Gasteiger charge is 2.33. The number of ether oxygens (including phenoxy) is 2. The molecule has 1 saturated heterocycles. The summed E-state index contributed by atoms with van der Waals surface area (Å²) in [7, 11) is 1.60. The lowest BCUT2D eigenvalue weighted by Crippen LogP contribution is -2.55. The molecule has 0 spiro atoms. The topological polar surface area (TPSA) is 96.6 Å². The van der Waals surface area contributed by atoms with Crippen LogP contribution in [0.1, 0.15) is 44.9 Å². The summed E-state index contributed by atoms with van der Waals surface area (Å²) in [5.41, 5.74) is 1.53. The summed E-state index contributed by atoms with van der Waals surface area (Å²) in [6.45, 7) is 6.81. The number of carbonyl (C=O) groups excluding carboxylic acids is 2. The molecule has 2 aromatic heterocycles. The van der Waals surface area contributed by atoms with Crippen molar-refractivity contribution in [3.63, 3.8) is 0 Å². The van der Waals surface area contributed by atoms with Gasteiger partial charge in [0.25, 0.3) is 5.91 Å². The Hall–Kier alpha value is -1.81. The van der Waals surface area contributed by atoms with Crippen LogP contribution < -0.4 is 10.2 Å². The van der Waals surface area contributed by atoms with Crippen LogP contribution in [0.4, 0.5) is 5.13 Å². The van der Waals surface area contributed by atoms with E-state index in [1.54, 1.807) is 27.9 Å². The normalized spacial score (nSPS) is 19.1. The lowest BCUT2D eigenvalue weighted by atomic mass is 10.0. The molecule has 3 rings (SSSR count). The number of esters is 1. The minimum atomic E-state index is -0.360. The lowest BCUT2D eigenvalue weighted by molar-refractivity contribution is 0.0530. The fourth-order valence-corrected chi connectivity index (χ4v) is 4.78. The summed E-state index contributed by atoms with van der Waals surface area (Å²) < 4.78 is 10.7. The van der Waals surface area contributed by atoms with Gasteiger partial charge in [0, 0.05) is 25.9 Å². The van der Waals surface area contributed by atoms with Crippen molar-refractivity contribution in [1.29, 1.82) is 0 Å². The zero-order valence-electron chi connectivity index (χ0n) is 17.2. The Balaban J connectivity index is 1.69. The van der Waals surface area contributed by atoms with E-state index >= 15 is 0 Å². The zero-order valence-corrected chi connectivity index (χ0v) is 19.5. The summed E-state index contributed by atoms with van der Waals surface area (Å²) >= 11 is 13.5. The summed E-state index contributed by atoms with van der Waals surface area (Å²) in [4.78, 5) is 34.8. The van der Waals surface area contributed by atoms with Gasteiger partial charge in [-0.1, -0.05) is 34.5 Å². The number of nitrogens with zero attached hydrogens (tertiary/aromatic N) is 2. The van der Waals surface area contributed by atoms with Gasteiger partial charge in [0.1, 0.15) is 10.6 Å². The first-order chi connectivity index (χ1) is 14.3. The maximum Gasteiger partial charge on any atom is 0.350 e. The van der Waals surface area contributed by atoms with Crippen molar-refractivity contribution in [2.75, 3.05) is 31.7 Å². The second kappa shape index (κ2) is 9.55. The van der Waals surface area contributed by atoms with Crippen molar-refractivity contribution >= 4 is 51.5 Å². The first-order valence-electron chi connectivity index (χ1n) is 9.53. The van der Waals surface area contributed by atoms with Crippen molar-refractivity contribution in [3.05, 3.63) is 32.0 Å². The monoisotopic (exact) mass is 474 g/mol. The Morgan fingerprint density at radius 3 is 2.67 bits per heavy atom. The van der Waals surface area contributed by atoms with Crippen LogP contribution in [0.15, 0.2) is 0 Å². The van der Waals surface area contributed by atoms with E-state index in [4.69, 9.17) is 32.7 Å². The maximum atomic E-state index is 12.7. The van der Waals surface area contributed by atoms with Gasteiger partial charge in [0.2, 0.25) is 0 Å². The number of aryl methyl sites for hydroxylation is 2. The average molecular weight is 475 g/mol. The summed E-state index contributed by atoms with van der Waals surface area (Å²) in [5, 5.41) is 4.27. The van der Waals surface area contributed by atoms with Crippen LogP contribution in [0.3, 0.4) is 0 Å². The fourth-order valence-electron chi connectivity index (χ4n) is 3.37. The van der Waals surface area contributed by atoms with Crippen molar-refractivity contribution in [3.8, 4) is 0 Å². The van der Waals surface area contributed by atoms with E-state index < -0.39 is 0 Å². The summed E-state index contributed by atoms with van der Waals surface area (Å²) in [6, 6.07) is -0.206. The molecule has 2 N–H and O–H groups in total. The number of aromatic nitrogens is 2. The third-order valence-electron chi connectivity index (χ3n) is 4.98. The number of piperidine rings is 1. The second-order valence-corrected chi connectivity index (χ2v) is 8.71. The molecule has 0 aliphatic carbocycles. The molecular weight excluding hydrogens is 451 g/mol.